The molecular weight excluding hydrogens is 160 g/mol. The van der Waals surface area contributed by atoms with Crippen LogP contribution in [0.5, 0.6) is 0 Å². The average Bonchev–Trinajstić information content (AvgIpc) is 1.86. The van der Waals surface area contributed by atoms with Gasteiger partial charge in [0.05, 0.1) is 0 Å². The van der Waals surface area contributed by atoms with E-state index in [9.17, 15) is 4.79 Å². The van der Waals surface area contributed by atoms with Crippen molar-refractivity contribution in [1.82, 2.24) is 5.32 Å². The molecular formula is C6H16N2O2Si. The second kappa shape index (κ2) is 6.18. The smallest absolute Gasteiger partial charge is 0.312 e. The summed E-state index contributed by atoms with van der Waals surface area (Å²) in [6, 6.07) is -0.298. The van der Waals surface area contributed by atoms with E-state index >= 15 is 0 Å². The summed E-state index contributed by atoms with van der Waals surface area (Å²) in [5.41, 5.74) is 4.92. The Morgan fingerprint density at radius 1 is 1.82 bits per heavy atom. The Morgan fingerprint density at radius 3 is 2.91 bits per heavy atom. The molecule has 0 spiro atoms. The minimum Gasteiger partial charge on any atom is -0.428 e. The summed E-state index contributed by atoms with van der Waals surface area (Å²) in [5, 5.41) is 2.60. The minimum atomic E-state index is -0.454. The summed E-state index contributed by atoms with van der Waals surface area (Å²) in [6.07, 6.45) is 1.90. The highest BCUT2D eigenvalue weighted by molar-refractivity contribution is 5.97. The Bertz CT molecular complexity index is 121. The highest BCUT2D eigenvalue weighted by atomic mass is 28.2. The fraction of sp³-hybridized carbons (Fsp3) is 0.833. The minimum absolute atomic E-state index is 0.157. The zero-order valence-electron chi connectivity index (χ0n) is 7.09. The zero-order valence-corrected chi connectivity index (χ0v) is 9.09. The lowest BCUT2D eigenvalue weighted by Crippen LogP contribution is -2.36. The maximum atomic E-state index is 10.3. The van der Waals surface area contributed by atoms with Crippen LogP contribution in [0.3, 0.4) is 0 Å². The van der Waals surface area contributed by atoms with E-state index in [1.807, 2.05) is 6.92 Å². The first-order valence-corrected chi connectivity index (χ1v) is 4.53. The van der Waals surface area contributed by atoms with Gasteiger partial charge in [-0.15, -0.1) is 0 Å². The summed E-state index contributed by atoms with van der Waals surface area (Å²) in [5.74, 6) is 0. The number of urea groups is 1. The summed E-state index contributed by atoms with van der Waals surface area (Å²) < 4.78 is 4.99. The van der Waals surface area contributed by atoms with E-state index in [1.54, 1.807) is 0 Å². The van der Waals surface area contributed by atoms with Crippen LogP contribution >= 0.6 is 0 Å². The quantitative estimate of drug-likeness (QED) is 0.422. The second-order valence-electron chi connectivity index (χ2n) is 2.54. The van der Waals surface area contributed by atoms with Crippen molar-refractivity contribution in [3.63, 3.8) is 0 Å². The van der Waals surface area contributed by atoms with Crippen molar-refractivity contribution >= 4 is 16.5 Å². The molecule has 0 aromatic carbocycles. The Balaban J connectivity index is 3.22. The Morgan fingerprint density at radius 2 is 2.45 bits per heavy atom. The van der Waals surface area contributed by atoms with Crippen molar-refractivity contribution in [1.29, 1.82) is 0 Å². The number of nitrogens with two attached hydrogens (primary N) is 1. The van der Waals surface area contributed by atoms with E-state index in [-0.39, 0.29) is 6.04 Å². The number of hydrogen-bond acceptors (Lipinski definition) is 2. The van der Waals surface area contributed by atoms with Crippen molar-refractivity contribution in [2.24, 2.45) is 5.73 Å². The third kappa shape index (κ3) is 7.34. The third-order valence-corrected chi connectivity index (χ3v) is 1.78. The molecule has 0 bridgehead atoms. The van der Waals surface area contributed by atoms with E-state index in [4.69, 9.17) is 10.2 Å². The molecule has 0 aromatic rings. The zero-order chi connectivity index (χ0) is 8.69. The van der Waals surface area contributed by atoms with Crippen LogP contribution < -0.4 is 11.1 Å². The molecule has 66 valence electrons. The van der Waals surface area contributed by atoms with Crippen LogP contribution in [0, 0.1) is 0 Å². The van der Waals surface area contributed by atoms with Crippen molar-refractivity contribution < 1.29 is 9.22 Å². The lowest BCUT2D eigenvalue weighted by Gasteiger charge is -2.10. The number of amides is 2. The van der Waals surface area contributed by atoms with Crippen LogP contribution in [0.1, 0.15) is 19.8 Å². The van der Waals surface area contributed by atoms with E-state index in [1.165, 1.54) is 0 Å². The average molecular weight is 176 g/mol. The number of rotatable bonds is 5. The van der Waals surface area contributed by atoms with E-state index in [2.05, 4.69) is 5.32 Å². The van der Waals surface area contributed by atoms with Crippen LogP contribution in [0.25, 0.3) is 0 Å². The van der Waals surface area contributed by atoms with Crippen molar-refractivity contribution in [3.05, 3.63) is 0 Å². The molecule has 0 aliphatic heterocycles. The molecule has 0 radical (unpaired) electrons. The number of carbonyl (C=O) groups is 1. The van der Waals surface area contributed by atoms with Gasteiger partial charge in [0, 0.05) is 12.6 Å². The number of nitrogens with one attached hydrogen (secondary N) is 1. The maximum Gasteiger partial charge on any atom is 0.312 e. The first-order valence-electron chi connectivity index (χ1n) is 3.71. The Labute approximate surface area is 70.0 Å². The molecule has 0 aromatic heterocycles. The van der Waals surface area contributed by atoms with E-state index in [0.29, 0.717) is 0 Å². The normalized spacial score (nSPS) is 12.8. The van der Waals surface area contributed by atoms with E-state index < -0.39 is 6.03 Å². The summed E-state index contributed by atoms with van der Waals surface area (Å²) in [4.78, 5) is 10.3. The predicted molar refractivity (Wildman–Crippen MR) is 47.3 cm³/mol. The molecule has 0 aliphatic carbocycles. The molecule has 0 heterocycles. The molecule has 0 rings (SSSR count). The lowest BCUT2D eigenvalue weighted by atomic mass is 10.2. The SMILES string of the molecule is CC(CCCO[SiH3])NC(N)=O. The fourth-order valence-electron chi connectivity index (χ4n) is 0.849. The van der Waals surface area contributed by atoms with Gasteiger partial charge in [0.2, 0.25) is 0 Å². The van der Waals surface area contributed by atoms with Gasteiger partial charge in [-0.3, -0.25) is 0 Å². The highest BCUT2D eigenvalue weighted by Crippen LogP contribution is 1.95. The fourth-order valence-corrected chi connectivity index (χ4v) is 1.14. The van der Waals surface area contributed by atoms with Crippen LogP contribution in [0.15, 0.2) is 0 Å². The predicted octanol–water partition coefficient (Wildman–Crippen LogP) is -0.880. The van der Waals surface area contributed by atoms with Crippen LogP contribution in [-0.4, -0.2) is 29.2 Å². The summed E-state index contributed by atoms with van der Waals surface area (Å²) in [7, 11) is 0.785. The van der Waals surface area contributed by atoms with Crippen molar-refractivity contribution in [2.75, 3.05) is 6.61 Å². The molecule has 0 fully saturated rings. The van der Waals surface area contributed by atoms with Gasteiger partial charge in [-0.1, -0.05) is 0 Å². The molecule has 3 N–H and O–H groups in total. The summed E-state index contributed by atoms with van der Waals surface area (Å²) in [6.45, 7) is 2.72. The van der Waals surface area contributed by atoms with Gasteiger partial charge in [-0.05, 0) is 19.8 Å². The highest BCUT2D eigenvalue weighted by Gasteiger charge is 2.01. The molecule has 5 heteroatoms. The van der Waals surface area contributed by atoms with E-state index in [0.717, 1.165) is 29.9 Å². The first kappa shape index (κ1) is 10.4. The topological polar surface area (TPSA) is 64.3 Å². The maximum absolute atomic E-state index is 10.3. The third-order valence-electron chi connectivity index (χ3n) is 1.37. The van der Waals surface area contributed by atoms with Gasteiger partial charge in [0.25, 0.3) is 0 Å². The van der Waals surface area contributed by atoms with Gasteiger partial charge < -0.3 is 15.5 Å². The summed E-state index contributed by atoms with van der Waals surface area (Å²) >= 11 is 0. The molecule has 11 heavy (non-hydrogen) atoms. The monoisotopic (exact) mass is 176 g/mol. The molecule has 1 unspecified atom stereocenters. The van der Waals surface area contributed by atoms with Crippen molar-refractivity contribution in [3.8, 4) is 0 Å². The van der Waals surface area contributed by atoms with Crippen LogP contribution in [-0.2, 0) is 4.43 Å². The largest absolute Gasteiger partial charge is 0.428 e. The first-order chi connectivity index (χ1) is 5.16. The second-order valence-corrected chi connectivity index (χ2v) is 3.12. The van der Waals surface area contributed by atoms with Crippen LogP contribution in [0.2, 0.25) is 0 Å². The lowest BCUT2D eigenvalue weighted by molar-refractivity contribution is 0.244. The van der Waals surface area contributed by atoms with Gasteiger partial charge >= 0.3 is 6.03 Å². The van der Waals surface area contributed by atoms with Gasteiger partial charge in [0.1, 0.15) is 10.5 Å². The molecule has 0 aliphatic rings. The van der Waals surface area contributed by atoms with Gasteiger partial charge in [-0.2, -0.15) is 0 Å². The molecule has 1 atom stereocenters. The van der Waals surface area contributed by atoms with Gasteiger partial charge in [-0.25, -0.2) is 4.79 Å². The number of hydrogen-bond donors (Lipinski definition) is 2. The number of primary amides is 1. The Kier molecular flexibility index (Phi) is 5.87. The Hall–Kier alpha value is -0.553. The van der Waals surface area contributed by atoms with Gasteiger partial charge in [0.15, 0.2) is 0 Å². The molecule has 0 saturated heterocycles. The molecule has 0 saturated carbocycles. The molecule has 4 nitrogen and oxygen atoms in total. The molecule has 2 amide bonds. The number of carbonyl (C=O) groups excluding carboxylic acids is 1. The van der Waals surface area contributed by atoms with Crippen molar-refractivity contribution in [2.45, 2.75) is 25.8 Å². The van der Waals surface area contributed by atoms with Crippen LogP contribution in [0.4, 0.5) is 4.79 Å². The standard InChI is InChI=1S/C6H16N2O2Si/c1-5(8-6(7)9)3-2-4-10-11/h5H,2-4H2,1,11H3,(H3,7,8,9).